The summed E-state index contributed by atoms with van der Waals surface area (Å²) < 4.78 is 0. The van der Waals surface area contributed by atoms with Crippen LogP contribution in [0.3, 0.4) is 0 Å². The molecule has 1 aromatic rings. The second-order valence-corrected chi connectivity index (χ2v) is 4.87. The second kappa shape index (κ2) is 4.16. The van der Waals surface area contributed by atoms with Crippen molar-refractivity contribution in [2.75, 3.05) is 6.26 Å². The van der Waals surface area contributed by atoms with E-state index in [-0.39, 0.29) is 11.5 Å². The Kier molecular flexibility index (Phi) is 2.59. The Bertz CT molecular complexity index is 692. The largest absolute Gasteiger partial charge is 0.418 e. The van der Waals surface area contributed by atoms with Gasteiger partial charge in [-0.2, -0.15) is 4.99 Å². The van der Waals surface area contributed by atoms with Gasteiger partial charge in [0.25, 0.3) is 0 Å². The van der Waals surface area contributed by atoms with Crippen LogP contribution in [0, 0.1) is 11.1 Å². The number of nitrogens with one attached hydrogen (secondary N) is 2. The fourth-order valence-electron chi connectivity index (χ4n) is 2.04. The molecule has 1 atom stereocenters. The topological polar surface area (TPSA) is 105 Å². The van der Waals surface area contributed by atoms with E-state index < -0.39 is 6.29 Å². The molecule has 0 spiro atoms. The number of fused-ring (bicyclic) bond motifs is 3. The van der Waals surface area contributed by atoms with Crippen LogP contribution in [0.4, 0.5) is 0 Å². The molecule has 0 amide bonds. The maximum Gasteiger partial charge on any atom is 0.418 e. The highest BCUT2D eigenvalue weighted by Crippen LogP contribution is 2.28. The first kappa shape index (κ1) is 11.8. The van der Waals surface area contributed by atoms with Gasteiger partial charge in [-0.3, -0.25) is 4.79 Å². The van der Waals surface area contributed by atoms with Gasteiger partial charge in [0.05, 0.1) is 4.81 Å². The lowest BCUT2D eigenvalue weighted by Crippen LogP contribution is -2.29. The summed E-state index contributed by atoms with van der Waals surface area (Å²) in [7, 11) is 0. The van der Waals surface area contributed by atoms with Crippen molar-refractivity contribution in [3.8, 4) is 0 Å². The smallest absolute Gasteiger partial charge is 0.286 e. The Morgan fingerprint density at radius 2 is 2.16 bits per heavy atom. The molecule has 0 bridgehead atoms. The van der Waals surface area contributed by atoms with Gasteiger partial charge in [-0.05, 0) is 23.9 Å². The monoisotopic (exact) mass is 273 g/mol. The van der Waals surface area contributed by atoms with Crippen molar-refractivity contribution in [3.05, 3.63) is 29.3 Å². The molecular weight excluding hydrogens is 264 g/mol. The summed E-state index contributed by atoms with van der Waals surface area (Å²) in [6.45, 7) is 0. The number of rotatable bonds is 2. The van der Waals surface area contributed by atoms with Crippen molar-refractivity contribution < 1.29 is 9.60 Å². The maximum absolute atomic E-state index is 12.2. The molecule has 0 saturated carbocycles. The normalized spacial score (nSPS) is 20.6. The lowest BCUT2D eigenvalue weighted by atomic mass is 10.1. The van der Waals surface area contributed by atoms with Gasteiger partial charge in [0.15, 0.2) is 0 Å². The molecule has 1 aliphatic carbocycles. The molecular formula is C11H9N6OS+. The summed E-state index contributed by atoms with van der Waals surface area (Å²) in [4.78, 5) is 18.0. The zero-order valence-electron chi connectivity index (χ0n) is 9.91. The maximum atomic E-state index is 12.2. The lowest BCUT2D eigenvalue weighted by molar-refractivity contribution is -0.653. The molecule has 2 N–H and O–H groups in total. The fraction of sp³-hybridized carbons (Fsp3) is 0.182. The summed E-state index contributed by atoms with van der Waals surface area (Å²) in [6.07, 6.45) is 0.918. The van der Waals surface area contributed by atoms with Gasteiger partial charge in [-0.15, -0.1) is 11.8 Å². The number of Topliss-reactive ketones (excluding diaryl/α,β-unsaturated/α-hetero) is 1. The van der Waals surface area contributed by atoms with E-state index in [2.05, 4.69) is 15.2 Å². The lowest BCUT2D eigenvalue weighted by Gasteiger charge is -2.05. The molecule has 94 valence electrons. The fourth-order valence-corrected chi connectivity index (χ4v) is 2.48. The third kappa shape index (κ3) is 1.64. The first-order valence-electron chi connectivity index (χ1n) is 5.42. The number of nitrogens with zero attached hydrogens (tertiary/aromatic N) is 4. The minimum atomic E-state index is -1.02. The number of hydrogen-bond donors (Lipinski definition) is 2. The van der Waals surface area contributed by atoms with Crippen molar-refractivity contribution in [1.82, 2.24) is 0 Å². The molecule has 0 radical (unpaired) electrons. The van der Waals surface area contributed by atoms with Crippen molar-refractivity contribution >= 4 is 29.0 Å². The average Bonchev–Trinajstić information content (AvgIpc) is 2.70. The van der Waals surface area contributed by atoms with Crippen LogP contribution in [0.1, 0.15) is 15.9 Å². The second-order valence-electron chi connectivity index (χ2n) is 3.99. The van der Waals surface area contributed by atoms with E-state index in [4.69, 9.17) is 11.1 Å². The highest BCUT2D eigenvalue weighted by molar-refractivity contribution is 7.98. The average molecular weight is 273 g/mol. The molecule has 2 aliphatic rings. The van der Waals surface area contributed by atoms with Gasteiger partial charge in [-0.25, -0.2) is 5.53 Å². The van der Waals surface area contributed by atoms with E-state index in [1.807, 2.05) is 18.4 Å². The van der Waals surface area contributed by atoms with Gasteiger partial charge in [-0.1, -0.05) is 11.2 Å². The molecule has 3 rings (SSSR count). The highest BCUT2D eigenvalue weighted by atomic mass is 32.2. The van der Waals surface area contributed by atoms with E-state index in [0.717, 1.165) is 4.90 Å². The molecule has 0 saturated heterocycles. The molecule has 7 nitrogen and oxygen atoms in total. The van der Waals surface area contributed by atoms with E-state index >= 15 is 0 Å². The molecule has 8 heteroatoms. The van der Waals surface area contributed by atoms with E-state index in [0.29, 0.717) is 21.6 Å². The molecule has 1 unspecified atom stereocenters. The van der Waals surface area contributed by atoms with Crippen molar-refractivity contribution in [3.63, 3.8) is 0 Å². The predicted octanol–water partition coefficient (Wildman–Crippen LogP) is 2.12. The molecule has 0 fully saturated rings. The number of thioether (sulfide) groups is 1. The first-order chi connectivity index (χ1) is 9.15. The summed E-state index contributed by atoms with van der Waals surface area (Å²) in [5.74, 6) is -0.231. The summed E-state index contributed by atoms with van der Waals surface area (Å²) in [5.41, 5.74) is 16.3. The number of aliphatic imine (C=N–C) groups is 1. The van der Waals surface area contributed by atoms with Crippen molar-refractivity contribution in [1.29, 1.82) is 11.1 Å². The van der Waals surface area contributed by atoms with Crippen LogP contribution in [0.2, 0.25) is 0 Å². The summed E-state index contributed by atoms with van der Waals surface area (Å²) in [6, 6.07) is 5.52. The van der Waals surface area contributed by atoms with E-state index in [9.17, 15) is 4.79 Å². The number of benzene rings is 1. The Balaban J connectivity index is 2.20. The zero-order valence-corrected chi connectivity index (χ0v) is 10.7. The Labute approximate surface area is 112 Å². The molecule has 1 aromatic carbocycles. The van der Waals surface area contributed by atoms with Crippen LogP contribution in [0.15, 0.2) is 38.3 Å². The minimum absolute atomic E-state index is 0.156. The van der Waals surface area contributed by atoms with Crippen LogP contribution in [-0.2, 0) is 0 Å². The third-order valence-corrected chi connectivity index (χ3v) is 3.68. The van der Waals surface area contributed by atoms with Gasteiger partial charge < -0.3 is 0 Å². The van der Waals surface area contributed by atoms with Gasteiger partial charge in [0, 0.05) is 21.1 Å². The van der Waals surface area contributed by atoms with Crippen LogP contribution in [-0.4, -0.2) is 34.6 Å². The SMILES string of the molecule is CSc1ccc2c(c1)C(=O)C1=N[N+](=N)C(N=N)N=C12. The van der Waals surface area contributed by atoms with Crippen LogP contribution < -0.4 is 0 Å². The van der Waals surface area contributed by atoms with E-state index in [1.54, 1.807) is 17.8 Å². The Morgan fingerprint density at radius 3 is 2.84 bits per heavy atom. The minimum Gasteiger partial charge on any atom is -0.286 e. The van der Waals surface area contributed by atoms with E-state index in [1.165, 1.54) is 0 Å². The number of hydrogen-bond acceptors (Lipinski definition) is 6. The predicted molar refractivity (Wildman–Crippen MR) is 68.4 cm³/mol. The van der Waals surface area contributed by atoms with Crippen LogP contribution in [0.5, 0.6) is 0 Å². The number of ketones is 1. The Morgan fingerprint density at radius 1 is 1.37 bits per heavy atom. The number of carbonyl (C=O) groups is 1. The van der Waals surface area contributed by atoms with Crippen LogP contribution >= 0.6 is 11.8 Å². The first-order valence-corrected chi connectivity index (χ1v) is 6.65. The zero-order chi connectivity index (χ0) is 13.6. The Hall–Kier alpha value is -2.22. The molecule has 0 aromatic heterocycles. The van der Waals surface area contributed by atoms with Gasteiger partial charge in [0.1, 0.15) is 5.71 Å². The third-order valence-electron chi connectivity index (χ3n) is 2.95. The van der Waals surface area contributed by atoms with Crippen molar-refractivity contribution in [2.45, 2.75) is 11.2 Å². The number of hydrazone groups is 1. The molecule has 1 aliphatic heterocycles. The van der Waals surface area contributed by atoms with Crippen LogP contribution in [0.25, 0.3) is 0 Å². The van der Waals surface area contributed by atoms with Gasteiger partial charge >= 0.3 is 6.29 Å². The standard InChI is InChI=1S/C11H9N6OS/c1-19-5-2-3-6-7(4-5)10(18)9-8(6)14-11(15-12)17(13)16-9/h2-4,11-13H,1H3/q+1. The summed E-state index contributed by atoms with van der Waals surface area (Å²) in [5, 5.41) is 7.06. The van der Waals surface area contributed by atoms with Crippen molar-refractivity contribution in [2.24, 2.45) is 15.2 Å². The van der Waals surface area contributed by atoms with Gasteiger partial charge in [0.2, 0.25) is 11.5 Å². The summed E-state index contributed by atoms with van der Waals surface area (Å²) >= 11 is 1.55. The molecule has 1 heterocycles. The quantitative estimate of drug-likeness (QED) is 0.489. The number of carbonyl (C=O) groups excluding carboxylic acids is 1. The molecule has 19 heavy (non-hydrogen) atoms. The highest BCUT2D eigenvalue weighted by Gasteiger charge is 2.41.